The van der Waals surface area contributed by atoms with Crippen LogP contribution in [0.4, 0.5) is 0 Å². The minimum Gasteiger partial charge on any atom is -0.455 e. The average molecular weight is 607 g/mol. The maximum atomic E-state index is 12.3. The van der Waals surface area contributed by atoms with E-state index in [1.165, 1.54) is 141 Å². The lowest BCUT2D eigenvalue weighted by Gasteiger charge is -2.18. The van der Waals surface area contributed by atoms with E-state index < -0.39 is 18.8 Å². The van der Waals surface area contributed by atoms with Crippen molar-refractivity contribution in [2.45, 2.75) is 212 Å². The highest BCUT2D eigenvalue weighted by Crippen LogP contribution is 2.15. The van der Waals surface area contributed by atoms with Crippen LogP contribution in [0.1, 0.15) is 200 Å². The highest BCUT2D eigenvalue weighted by Gasteiger charge is 2.19. The lowest BCUT2D eigenvalue weighted by atomic mass is 10.0. The van der Waals surface area contributed by atoms with Gasteiger partial charge >= 0.3 is 5.97 Å². The molecule has 2 unspecified atom stereocenters. The standard InChI is InChI=1S/C39H74O4/c1-3-5-7-9-11-13-15-17-19-21-22-24-26-28-30-32-34-38(37(41)36-40)43-39(42)35-33-31-29-27-25-23-20-18-16-14-12-10-8-6-4-2/h18,20,32,34,37-38,40-41H,3-17,19,21-31,33,35-36H2,1-2H3/b20-18+,34-32?. The van der Waals surface area contributed by atoms with E-state index in [1.54, 1.807) is 6.08 Å². The molecule has 4 heteroatoms. The molecule has 0 aliphatic heterocycles. The second kappa shape index (κ2) is 35.4. The Balaban J connectivity index is 3.73. The predicted octanol–water partition coefficient (Wildman–Crippen LogP) is 11.7. The van der Waals surface area contributed by atoms with Crippen LogP contribution in [0, 0.1) is 0 Å². The molecule has 43 heavy (non-hydrogen) atoms. The van der Waals surface area contributed by atoms with Crippen LogP contribution in [-0.2, 0) is 9.53 Å². The molecule has 0 bridgehead atoms. The number of aliphatic hydroxyl groups excluding tert-OH is 2. The predicted molar refractivity (Wildman–Crippen MR) is 186 cm³/mol. The van der Waals surface area contributed by atoms with Crippen LogP contribution in [0.2, 0.25) is 0 Å². The second-order valence-electron chi connectivity index (χ2n) is 12.9. The number of ether oxygens (including phenoxy) is 1. The van der Waals surface area contributed by atoms with Gasteiger partial charge < -0.3 is 14.9 Å². The lowest BCUT2D eigenvalue weighted by Crippen LogP contribution is -2.32. The number of rotatable bonds is 34. The van der Waals surface area contributed by atoms with Gasteiger partial charge in [-0.05, 0) is 51.0 Å². The van der Waals surface area contributed by atoms with Gasteiger partial charge in [-0.25, -0.2) is 0 Å². The summed E-state index contributed by atoms with van der Waals surface area (Å²) in [6.07, 6.45) is 42.7. The lowest BCUT2D eigenvalue weighted by molar-refractivity contribution is -0.152. The highest BCUT2D eigenvalue weighted by atomic mass is 16.6. The Morgan fingerprint density at radius 1 is 0.535 bits per heavy atom. The molecular weight excluding hydrogens is 532 g/mol. The van der Waals surface area contributed by atoms with E-state index in [9.17, 15) is 15.0 Å². The number of carbonyl (C=O) groups is 1. The SMILES string of the molecule is CCCCCCCC/C=C/CCCCCCCC(=O)OC(C=CCCCCCCCCCCCCCCCC)C(O)CO. The zero-order valence-electron chi connectivity index (χ0n) is 28.9. The molecule has 0 aliphatic rings. The molecule has 0 amide bonds. The van der Waals surface area contributed by atoms with E-state index in [0.29, 0.717) is 6.42 Å². The molecular formula is C39H74O4. The number of esters is 1. The molecule has 0 radical (unpaired) electrons. The molecule has 2 atom stereocenters. The molecule has 4 nitrogen and oxygen atoms in total. The van der Waals surface area contributed by atoms with E-state index in [2.05, 4.69) is 26.0 Å². The van der Waals surface area contributed by atoms with Gasteiger partial charge in [-0.15, -0.1) is 0 Å². The topological polar surface area (TPSA) is 66.8 Å². The normalized spacial score (nSPS) is 13.3. The zero-order chi connectivity index (χ0) is 31.5. The molecule has 0 rings (SSSR count). The van der Waals surface area contributed by atoms with Crippen LogP contribution >= 0.6 is 0 Å². The molecule has 0 aromatic heterocycles. The average Bonchev–Trinajstić information content (AvgIpc) is 3.01. The van der Waals surface area contributed by atoms with Crippen molar-refractivity contribution in [2.75, 3.05) is 6.61 Å². The third kappa shape index (κ3) is 32.1. The number of hydrogen-bond donors (Lipinski definition) is 2. The number of allylic oxidation sites excluding steroid dienone is 3. The van der Waals surface area contributed by atoms with E-state index >= 15 is 0 Å². The Hall–Kier alpha value is -1.13. The first kappa shape index (κ1) is 41.9. The number of unbranched alkanes of at least 4 members (excludes halogenated alkanes) is 25. The molecule has 0 aromatic rings. The first-order valence-corrected chi connectivity index (χ1v) is 19.0. The number of carbonyl (C=O) groups excluding carboxylic acids is 1. The monoisotopic (exact) mass is 607 g/mol. The fraction of sp³-hybridized carbons (Fsp3) is 0.872. The van der Waals surface area contributed by atoms with Crippen molar-refractivity contribution < 1.29 is 19.7 Å². The van der Waals surface area contributed by atoms with Crippen molar-refractivity contribution in [3.8, 4) is 0 Å². The van der Waals surface area contributed by atoms with Crippen molar-refractivity contribution in [1.82, 2.24) is 0 Å². The Kier molecular flexibility index (Phi) is 34.4. The Morgan fingerprint density at radius 2 is 0.884 bits per heavy atom. The quantitative estimate of drug-likeness (QED) is 0.0434. The van der Waals surface area contributed by atoms with Gasteiger partial charge in [0.05, 0.1) is 6.61 Å². The Labute approximate surface area is 268 Å². The van der Waals surface area contributed by atoms with Gasteiger partial charge in [0.15, 0.2) is 0 Å². The van der Waals surface area contributed by atoms with E-state index in [1.807, 2.05) is 6.08 Å². The van der Waals surface area contributed by atoms with E-state index in [-0.39, 0.29) is 5.97 Å². The van der Waals surface area contributed by atoms with Crippen LogP contribution in [0.15, 0.2) is 24.3 Å². The molecule has 0 spiro atoms. The highest BCUT2D eigenvalue weighted by molar-refractivity contribution is 5.69. The summed E-state index contributed by atoms with van der Waals surface area (Å²) < 4.78 is 5.50. The second-order valence-corrected chi connectivity index (χ2v) is 12.9. The number of hydrogen-bond acceptors (Lipinski definition) is 4. The van der Waals surface area contributed by atoms with Crippen molar-refractivity contribution in [2.24, 2.45) is 0 Å². The van der Waals surface area contributed by atoms with Crippen molar-refractivity contribution >= 4 is 5.97 Å². The third-order valence-electron chi connectivity index (χ3n) is 8.53. The van der Waals surface area contributed by atoms with Crippen LogP contribution in [0.25, 0.3) is 0 Å². The van der Waals surface area contributed by atoms with E-state index in [0.717, 1.165) is 38.5 Å². The van der Waals surface area contributed by atoms with Crippen molar-refractivity contribution in [3.63, 3.8) is 0 Å². The molecule has 2 N–H and O–H groups in total. The van der Waals surface area contributed by atoms with Crippen molar-refractivity contribution in [1.29, 1.82) is 0 Å². The molecule has 0 heterocycles. The molecule has 254 valence electrons. The van der Waals surface area contributed by atoms with Crippen LogP contribution in [0.3, 0.4) is 0 Å². The fourth-order valence-corrected chi connectivity index (χ4v) is 5.59. The summed E-state index contributed by atoms with van der Waals surface area (Å²) in [5.74, 6) is -0.281. The summed E-state index contributed by atoms with van der Waals surface area (Å²) in [6, 6.07) is 0. The first-order chi connectivity index (χ1) is 21.2. The van der Waals surface area contributed by atoms with Gasteiger partial charge in [0.25, 0.3) is 0 Å². The van der Waals surface area contributed by atoms with Crippen molar-refractivity contribution in [3.05, 3.63) is 24.3 Å². The minimum atomic E-state index is -1.06. The van der Waals surface area contributed by atoms with Crippen LogP contribution < -0.4 is 0 Å². The molecule has 0 aliphatic carbocycles. The fourth-order valence-electron chi connectivity index (χ4n) is 5.59. The van der Waals surface area contributed by atoms with Crippen LogP contribution in [-0.4, -0.2) is 35.0 Å². The summed E-state index contributed by atoms with van der Waals surface area (Å²) in [4.78, 5) is 12.3. The van der Waals surface area contributed by atoms with Gasteiger partial charge in [0.1, 0.15) is 12.2 Å². The van der Waals surface area contributed by atoms with Crippen LogP contribution in [0.5, 0.6) is 0 Å². The molecule has 0 saturated heterocycles. The summed E-state index contributed by atoms with van der Waals surface area (Å²) >= 11 is 0. The zero-order valence-corrected chi connectivity index (χ0v) is 28.9. The Morgan fingerprint density at radius 3 is 1.28 bits per heavy atom. The molecule has 0 aromatic carbocycles. The maximum absolute atomic E-state index is 12.3. The van der Waals surface area contributed by atoms with Gasteiger partial charge in [0.2, 0.25) is 0 Å². The maximum Gasteiger partial charge on any atom is 0.306 e. The van der Waals surface area contributed by atoms with Gasteiger partial charge in [-0.1, -0.05) is 167 Å². The first-order valence-electron chi connectivity index (χ1n) is 19.0. The smallest absolute Gasteiger partial charge is 0.306 e. The van der Waals surface area contributed by atoms with E-state index in [4.69, 9.17) is 4.74 Å². The molecule has 0 saturated carbocycles. The summed E-state index contributed by atoms with van der Waals surface area (Å²) in [5.41, 5.74) is 0. The summed E-state index contributed by atoms with van der Waals surface area (Å²) in [6.45, 7) is 4.13. The molecule has 0 fully saturated rings. The minimum absolute atomic E-state index is 0.281. The third-order valence-corrected chi connectivity index (χ3v) is 8.53. The Bertz CT molecular complexity index is 614. The summed E-state index contributed by atoms with van der Waals surface area (Å²) in [5, 5.41) is 19.5. The van der Waals surface area contributed by atoms with Gasteiger partial charge in [-0.3, -0.25) is 4.79 Å². The largest absolute Gasteiger partial charge is 0.455 e. The van der Waals surface area contributed by atoms with Gasteiger partial charge in [-0.2, -0.15) is 0 Å². The summed E-state index contributed by atoms with van der Waals surface area (Å²) in [7, 11) is 0. The number of aliphatic hydroxyl groups is 2. The van der Waals surface area contributed by atoms with Gasteiger partial charge in [0, 0.05) is 6.42 Å².